The van der Waals surface area contributed by atoms with Crippen molar-refractivity contribution in [1.29, 1.82) is 0 Å². The van der Waals surface area contributed by atoms with E-state index in [0.29, 0.717) is 5.56 Å². The first-order chi connectivity index (χ1) is 8.26. The highest BCUT2D eigenvalue weighted by molar-refractivity contribution is 5.49. The van der Waals surface area contributed by atoms with Crippen molar-refractivity contribution < 1.29 is 9.50 Å². The quantitative estimate of drug-likeness (QED) is 0.841. The molecule has 0 amide bonds. The zero-order chi connectivity index (χ0) is 12.3. The molecule has 1 saturated heterocycles. The van der Waals surface area contributed by atoms with E-state index in [9.17, 15) is 9.50 Å². The van der Waals surface area contributed by atoms with E-state index >= 15 is 0 Å². The van der Waals surface area contributed by atoms with Crippen LogP contribution in [0.1, 0.15) is 24.8 Å². The molecule has 0 spiro atoms. The number of rotatable bonds is 3. The van der Waals surface area contributed by atoms with Crippen molar-refractivity contribution in [3.8, 4) is 0 Å². The minimum atomic E-state index is -0.257. The van der Waals surface area contributed by atoms with Crippen molar-refractivity contribution in [2.45, 2.75) is 31.8 Å². The molecular weight excluding hydrogens is 219 g/mol. The molecule has 1 aliphatic heterocycles. The Balaban J connectivity index is 2.23. The molecule has 1 aromatic rings. The standard InChI is InChI=1S/C13H19FN2O/c14-13-7-11(5-4-10(13)8-15)16-6-2-1-3-12(16)9-17/h4-5,7,12,17H,1-3,6,8-9,15H2. The van der Waals surface area contributed by atoms with Gasteiger partial charge in [0.15, 0.2) is 0 Å². The monoisotopic (exact) mass is 238 g/mol. The molecule has 1 aromatic carbocycles. The second-order valence-electron chi connectivity index (χ2n) is 4.51. The minimum absolute atomic E-state index is 0.117. The summed E-state index contributed by atoms with van der Waals surface area (Å²) in [6.07, 6.45) is 3.19. The van der Waals surface area contributed by atoms with E-state index in [4.69, 9.17) is 5.73 Å². The summed E-state index contributed by atoms with van der Waals surface area (Å²) in [5, 5.41) is 9.34. The molecule has 17 heavy (non-hydrogen) atoms. The lowest BCUT2D eigenvalue weighted by Crippen LogP contribution is -2.41. The van der Waals surface area contributed by atoms with Gasteiger partial charge in [0, 0.05) is 24.3 Å². The Morgan fingerprint density at radius 3 is 2.88 bits per heavy atom. The minimum Gasteiger partial charge on any atom is -0.394 e. The maximum absolute atomic E-state index is 13.7. The molecule has 94 valence electrons. The Hall–Kier alpha value is -1.13. The predicted molar refractivity (Wildman–Crippen MR) is 66.4 cm³/mol. The summed E-state index contributed by atoms with van der Waals surface area (Å²) in [7, 11) is 0. The van der Waals surface area contributed by atoms with Gasteiger partial charge in [0.05, 0.1) is 12.6 Å². The number of piperidine rings is 1. The molecule has 0 aliphatic carbocycles. The molecule has 2 rings (SSSR count). The van der Waals surface area contributed by atoms with E-state index in [1.807, 2.05) is 6.07 Å². The molecule has 0 bridgehead atoms. The third-order valence-electron chi connectivity index (χ3n) is 3.43. The zero-order valence-corrected chi connectivity index (χ0v) is 9.90. The molecule has 1 unspecified atom stereocenters. The number of hydrogen-bond acceptors (Lipinski definition) is 3. The lowest BCUT2D eigenvalue weighted by atomic mass is 10.0. The average molecular weight is 238 g/mol. The Kier molecular flexibility index (Phi) is 3.97. The lowest BCUT2D eigenvalue weighted by molar-refractivity contribution is 0.240. The summed E-state index contributed by atoms with van der Waals surface area (Å²) in [4.78, 5) is 2.09. The second kappa shape index (κ2) is 5.47. The van der Waals surface area contributed by atoms with Gasteiger partial charge in [-0.1, -0.05) is 6.07 Å². The Morgan fingerprint density at radius 1 is 1.41 bits per heavy atom. The van der Waals surface area contributed by atoms with Crippen LogP contribution in [0, 0.1) is 5.82 Å². The van der Waals surface area contributed by atoms with E-state index in [1.54, 1.807) is 6.07 Å². The van der Waals surface area contributed by atoms with Crippen molar-refractivity contribution in [3.05, 3.63) is 29.6 Å². The fourth-order valence-corrected chi connectivity index (χ4v) is 2.41. The molecule has 3 nitrogen and oxygen atoms in total. The van der Waals surface area contributed by atoms with Gasteiger partial charge in [-0.25, -0.2) is 4.39 Å². The number of nitrogens with zero attached hydrogens (tertiary/aromatic N) is 1. The summed E-state index contributed by atoms with van der Waals surface area (Å²) in [5.41, 5.74) is 6.82. The fourth-order valence-electron chi connectivity index (χ4n) is 2.41. The van der Waals surface area contributed by atoms with E-state index in [-0.39, 0.29) is 25.0 Å². The zero-order valence-electron chi connectivity index (χ0n) is 9.90. The van der Waals surface area contributed by atoms with Crippen LogP contribution in [-0.4, -0.2) is 24.3 Å². The third kappa shape index (κ3) is 2.58. The van der Waals surface area contributed by atoms with Gasteiger partial charge in [-0.2, -0.15) is 0 Å². The molecule has 0 aromatic heterocycles. The van der Waals surface area contributed by atoms with Gasteiger partial charge in [-0.05, 0) is 31.4 Å². The summed E-state index contributed by atoms with van der Waals surface area (Å²) in [6, 6.07) is 5.26. The van der Waals surface area contributed by atoms with Crippen LogP contribution in [-0.2, 0) is 6.54 Å². The number of aliphatic hydroxyl groups excluding tert-OH is 1. The van der Waals surface area contributed by atoms with Gasteiger partial charge in [-0.3, -0.25) is 0 Å². The van der Waals surface area contributed by atoms with Crippen LogP contribution >= 0.6 is 0 Å². The SMILES string of the molecule is NCc1ccc(N2CCCCC2CO)cc1F. The van der Waals surface area contributed by atoms with Crippen LogP contribution in [0.2, 0.25) is 0 Å². The summed E-state index contributed by atoms with van der Waals surface area (Å²) in [6.45, 7) is 1.22. The number of halogens is 1. The molecule has 4 heteroatoms. The highest BCUT2D eigenvalue weighted by Gasteiger charge is 2.22. The Morgan fingerprint density at radius 2 is 2.24 bits per heavy atom. The molecule has 1 fully saturated rings. The molecule has 1 atom stereocenters. The van der Waals surface area contributed by atoms with Crippen molar-refractivity contribution in [1.82, 2.24) is 0 Å². The summed E-state index contributed by atoms with van der Waals surface area (Å²) < 4.78 is 13.7. The number of aliphatic hydroxyl groups is 1. The van der Waals surface area contributed by atoms with Crippen molar-refractivity contribution in [2.24, 2.45) is 5.73 Å². The predicted octanol–water partition coefficient (Wildman–Crippen LogP) is 1.64. The molecule has 1 aliphatic rings. The average Bonchev–Trinajstić information content (AvgIpc) is 2.38. The first-order valence-corrected chi connectivity index (χ1v) is 6.12. The van der Waals surface area contributed by atoms with Gasteiger partial charge in [0.1, 0.15) is 5.82 Å². The van der Waals surface area contributed by atoms with Gasteiger partial charge in [-0.15, -0.1) is 0 Å². The van der Waals surface area contributed by atoms with Crippen molar-refractivity contribution in [2.75, 3.05) is 18.1 Å². The maximum atomic E-state index is 13.7. The van der Waals surface area contributed by atoms with E-state index in [0.717, 1.165) is 31.5 Å². The molecule has 0 radical (unpaired) electrons. The normalized spacial score (nSPS) is 20.6. The smallest absolute Gasteiger partial charge is 0.129 e. The summed E-state index contributed by atoms with van der Waals surface area (Å²) >= 11 is 0. The Bertz CT molecular complexity index is 384. The van der Waals surface area contributed by atoms with Crippen molar-refractivity contribution in [3.63, 3.8) is 0 Å². The van der Waals surface area contributed by atoms with Crippen molar-refractivity contribution >= 4 is 5.69 Å². The molecular formula is C13H19FN2O. The van der Waals surface area contributed by atoms with Gasteiger partial charge < -0.3 is 15.7 Å². The topological polar surface area (TPSA) is 49.5 Å². The first-order valence-electron chi connectivity index (χ1n) is 6.12. The van der Waals surface area contributed by atoms with E-state index < -0.39 is 0 Å². The number of anilines is 1. The fraction of sp³-hybridized carbons (Fsp3) is 0.538. The van der Waals surface area contributed by atoms with E-state index in [1.165, 1.54) is 6.07 Å². The van der Waals surface area contributed by atoms with Crippen LogP contribution in [0.15, 0.2) is 18.2 Å². The third-order valence-corrected chi connectivity index (χ3v) is 3.43. The number of benzene rings is 1. The maximum Gasteiger partial charge on any atom is 0.129 e. The van der Waals surface area contributed by atoms with Gasteiger partial charge >= 0.3 is 0 Å². The van der Waals surface area contributed by atoms with Crippen LogP contribution < -0.4 is 10.6 Å². The largest absolute Gasteiger partial charge is 0.394 e. The highest BCUT2D eigenvalue weighted by Crippen LogP contribution is 2.26. The van der Waals surface area contributed by atoms with Crippen LogP contribution in [0.4, 0.5) is 10.1 Å². The molecule has 1 heterocycles. The summed E-state index contributed by atoms with van der Waals surface area (Å²) in [5.74, 6) is -0.257. The number of hydrogen-bond donors (Lipinski definition) is 2. The first kappa shape index (κ1) is 12.3. The van der Waals surface area contributed by atoms with Crippen LogP contribution in [0.3, 0.4) is 0 Å². The van der Waals surface area contributed by atoms with Gasteiger partial charge in [0.2, 0.25) is 0 Å². The number of nitrogens with two attached hydrogens (primary N) is 1. The van der Waals surface area contributed by atoms with E-state index in [2.05, 4.69) is 4.90 Å². The van der Waals surface area contributed by atoms with Crippen LogP contribution in [0.25, 0.3) is 0 Å². The lowest BCUT2D eigenvalue weighted by Gasteiger charge is -2.36. The van der Waals surface area contributed by atoms with Gasteiger partial charge in [0.25, 0.3) is 0 Å². The highest BCUT2D eigenvalue weighted by atomic mass is 19.1. The molecule has 0 saturated carbocycles. The second-order valence-corrected chi connectivity index (χ2v) is 4.51. The molecule has 3 N–H and O–H groups in total. The Labute approximate surface area is 101 Å². The van der Waals surface area contributed by atoms with Crippen LogP contribution in [0.5, 0.6) is 0 Å².